The summed E-state index contributed by atoms with van der Waals surface area (Å²) >= 11 is 0. The molecule has 2 heteroatoms. The molecule has 1 unspecified atom stereocenters. The van der Waals surface area contributed by atoms with Crippen molar-refractivity contribution in [2.24, 2.45) is 0 Å². The number of aliphatic hydroxyl groups is 1. The van der Waals surface area contributed by atoms with Crippen LogP contribution in [0.1, 0.15) is 44.6 Å². The summed E-state index contributed by atoms with van der Waals surface area (Å²) in [4.78, 5) is 0. The summed E-state index contributed by atoms with van der Waals surface area (Å²) in [5.74, 6) is 0.642. The number of anilines is 1. The number of hydrogen-bond acceptors (Lipinski definition) is 2. The van der Waals surface area contributed by atoms with E-state index in [0.717, 1.165) is 19.4 Å². The fraction of sp³-hybridized carbons (Fsp3) is 0.571. The topological polar surface area (TPSA) is 32.3 Å². The van der Waals surface area contributed by atoms with Crippen molar-refractivity contribution in [1.82, 2.24) is 0 Å². The van der Waals surface area contributed by atoms with E-state index < -0.39 is 0 Å². The highest BCUT2D eigenvalue weighted by atomic mass is 16.2. The van der Waals surface area contributed by atoms with Gasteiger partial charge in [-0.25, -0.2) is 0 Å². The van der Waals surface area contributed by atoms with Crippen LogP contribution < -0.4 is 5.32 Å². The molecule has 0 fully saturated rings. The van der Waals surface area contributed by atoms with Crippen molar-refractivity contribution in [2.75, 3.05) is 18.5 Å². The van der Waals surface area contributed by atoms with Crippen molar-refractivity contribution in [3.05, 3.63) is 29.8 Å². The van der Waals surface area contributed by atoms with Gasteiger partial charge in [0.05, 0.1) is 0 Å². The summed E-state index contributed by atoms with van der Waals surface area (Å²) in [7, 11) is 0. The third-order valence-corrected chi connectivity index (χ3v) is 3.01. The molecule has 0 saturated heterocycles. The van der Waals surface area contributed by atoms with Gasteiger partial charge in [-0.3, -0.25) is 0 Å². The van der Waals surface area contributed by atoms with E-state index in [1.165, 1.54) is 17.7 Å². The SMILES string of the molecule is CCC(C)c1ccc(NCCCCO)cc1. The Kier molecular flexibility index (Phi) is 5.94. The van der Waals surface area contributed by atoms with Gasteiger partial charge >= 0.3 is 0 Å². The van der Waals surface area contributed by atoms with Crippen molar-refractivity contribution in [2.45, 2.75) is 39.0 Å². The first-order valence-electron chi connectivity index (χ1n) is 6.22. The van der Waals surface area contributed by atoms with Gasteiger partial charge in [-0.05, 0) is 42.9 Å². The molecule has 0 radical (unpaired) electrons. The number of aliphatic hydroxyl groups excluding tert-OH is 1. The van der Waals surface area contributed by atoms with E-state index >= 15 is 0 Å². The summed E-state index contributed by atoms with van der Waals surface area (Å²) in [5.41, 5.74) is 2.58. The first-order valence-corrected chi connectivity index (χ1v) is 6.22. The maximum absolute atomic E-state index is 8.66. The average Bonchev–Trinajstić information content (AvgIpc) is 2.34. The molecule has 0 aliphatic heterocycles. The lowest BCUT2D eigenvalue weighted by molar-refractivity contribution is 0.286. The van der Waals surface area contributed by atoms with Gasteiger partial charge in [0.1, 0.15) is 0 Å². The fourth-order valence-electron chi connectivity index (χ4n) is 1.63. The molecule has 2 nitrogen and oxygen atoms in total. The van der Waals surface area contributed by atoms with Crippen LogP contribution in [0.5, 0.6) is 0 Å². The van der Waals surface area contributed by atoms with Gasteiger partial charge in [0.2, 0.25) is 0 Å². The average molecular weight is 221 g/mol. The minimum absolute atomic E-state index is 0.286. The highest BCUT2D eigenvalue weighted by Crippen LogP contribution is 2.20. The van der Waals surface area contributed by atoms with Crippen LogP contribution in [0.3, 0.4) is 0 Å². The predicted octanol–water partition coefficient (Wildman–Crippen LogP) is 3.38. The Bertz CT molecular complexity index is 281. The Morgan fingerprint density at radius 3 is 2.44 bits per heavy atom. The van der Waals surface area contributed by atoms with Gasteiger partial charge in [-0.1, -0.05) is 26.0 Å². The third-order valence-electron chi connectivity index (χ3n) is 3.01. The molecule has 1 atom stereocenters. The van der Waals surface area contributed by atoms with E-state index in [0.29, 0.717) is 5.92 Å². The van der Waals surface area contributed by atoms with E-state index in [-0.39, 0.29) is 6.61 Å². The van der Waals surface area contributed by atoms with Crippen molar-refractivity contribution in [1.29, 1.82) is 0 Å². The molecule has 1 aromatic carbocycles. The van der Waals surface area contributed by atoms with Crippen LogP contribution in [0.2, 0.25) is 0 Å². The summed E-state index contributed by atoms with van der Waals surface area (Å²) in [6.45, 7) is 5.69. The molecule has 0 heterocycles. The first-order chi connectivity index (χ1) is 7.77. The van der Waals surface area contributed by atoms with Gasteiger partial charge in [0, 0.05) is 18.8 Å². The molecule has 0 saturated carbocycles. The lowest BCUT2D eigenvalue weighted by Crippen LogP contribution is -2.02. The molecule has 1 aromatic rings. The Hall–Kier alpha value is -1.02. The Morgan fingerprint density at radius 2 is 1.88 bits per heavy atom. The maximum Gasteiger partial charge on any atom is 0.0431 e. The molecule has 0 bridgehead atoms. The van der Waals surface area contributed by atoms with Crippen LogP contribution in [0.25, 0.3) is 0 Å². The van der Waals surface area contributed by atoms with Crippen LogP contribution in [-0.2, 0) is 0 Å². The number of unbranched alkanes of at least 4 members (excludes halogenated alkanes) is 1. The maximum atomic E-state index is 8.66. The normalized spacial score (nSPS) is 12.4. The Balaban J connectivity index is 2.39. The van der Waals surface area contributed by atoms with Crippen LogP contribution in [0.4, 0.5) is 5.69 Å². The monoisotopic (exact) mass is 221 g/mol. The van der Waals surface area contributed by atoms with Crippen molar-refractivity contribution in [3.63, 3.8) is 0 Å². The van der Waals surface area contributed by atoms with Crippen LogP contribution in [0.15, 0.2) is 24.3 Å². The van der Waals surface area contributed by atoms with Gasteiger partial charge in [-0.2, -0.15) is 0 Å². The number of rotatable bonds is 7. The third kappa shape index (κ3) is 4.23. The minimum atomic E-state index is 0.286. The quantitative estimate of drug-likeness (QED) is 0.692. The molecule has 0 aliphatic carbocycles. The molecule has 0 aromatic heterocycles. The van der Waals surface area contributed by atoms with Crippen molar-refractivity contribution >= 4 is 5.69 Å². The Morgan fingerprint density at radius 1 is 1.19 bits per heavy atom. The van der Waals surface area contributed by atoms with E-state index in [4.69, 9.17) is 5.11 Å². The van der Waals surface area contributed by atoms with E-state index in [1.807, 2.05) is 0 Å². The molecule has 0 aliphatic rings. The fourth-order valence-corrected chi connectivity index (χ4v) is 1.63. The lowest BCUT2D eigenvalue weighted by atomic mass is 9.99. The molecule has 0 amide bonds. The zero-order valence-electron chi connectivity index (χ0n) is 10.4. The summed E-state index contributed by atoms with van der Waals surface area (Å²) in [6, 6.07) is 8.67. The molecule has 0 spiro atoms. The van der Waals surface area contributed by atoms with Crippen LogP contribution in [-0.4, -0.2) is 18.3 Å². The highest BCUT2D eigenvalue weighted by Gasteiger charge is 2.01. The molecule has 90 valence electrons. The van der Waals surface area contributed by atoms with Crippen molar-refractivity contribution < 1.29 is 5.11 Å². The lowest BCUT2D eigenvalue weighted by Gasteiger charge is -2.10. The standard InChI is InChI=1S/C14H23NO/c1-3-12(2)13-6-8-14(9-7-13)15-10-4-5-11-16/h6-9,12,15-16H,3-5,10-11H2,1-2H3. The predicted molar refractivity (Wildman–Crippen MR) is 70.0 cm³/mol. The minimum Gasteiger partial charge on any atom is -0.396 e. The van der Waals surface area contributed by atoms with Crippen molar-refractivity contribution in [3.8, 4) is 0 Å². The summed E-state index contributed by atoms with van der Waals surface area (Å²) in [5, 5.41) is 12.0. The van der Waals surface area contributed by atoms with Gasteiger partial charge < -0.3 is 10.4 Å². The first kappa shape index (κ1) is 13.0. The summed E-state index contributed by atoms with van der Waals surface area (Å²) < 4.78 is 0. The zero-order valence-corrected chi connectivity index (χ0v) is 10.4. The smallest absolute Gasteiger partial charge is 0.0431 e. The molecule has 2 N–H and O–H groups in total. The highest BCUT2D eigenvalue weighted by molar-refractivity contribution is 5.45. The number of nitrogens with one attached hydrogen (secondary N) is 1. The van der Waals surface area contributed by atoms with E-state index in [9.17, 15) is 0 Å². The van der Waals surface area contributed by atoms with E-state index in [2.05, 4.69) is 43.4 Å². The second-order valence-corrected chi connectivity index (χ2v) is 4.29. The molecular weight excluding hydrogens is 198 g/mol. The largest absolute Gasteiger partial charge is 0.396 e. The number of benzene rings is 1. The molecule has 1 rings (SSSR count). The molecule has 16 heavy (non-hydrogen) atoms. The number of hydrogen-bond donors (Lipinski definition) is 2. The van der Waals surface area contributed by atoms with Crippen LogP contribution in [0, 0.1) is 0 Å². The van der Waals surface area contributed by atoms with Gasteiger partial charge in [0.25, 0.3) is 0 Å². The second kappa shape index (κ2) is 7.29. The molecular formula is C14H23NO. The summed E-state index contributed by atoms with van der Waals surface area (Å²) in [6.07, 6.45) is 3.07. The van der Waals surface area contributed by atoms with Gasteiger partial charge in [-0.15, -0.1) is 0 Å². The Labute approximate surface area is 98.7 Å². The van der Waals surface area contributed by atoms with Crippen LogP contribution >= 0.6 is 0 Å². The van der Waals surface area contributed by atoms with Gasteiger partial charge in [0.15, 0.2) is 0 Å². The second-order valence-electron chi connectivity index (χ2n) is 4.29. The zero-order chi connectivity index (χ0) is 11.8. The van der Waals surface area contributed by atoms with E-state index in [1.54, 1.807) is 0 Å².